The first kappa shape index (κ1) is 20.7. The lowest BCUT2D eigenvalue weighted by Gasteiger charge is -2.11. The topological polar surface area (TPSA) is 131 Å². The molecule has 0 aliphatic rings. The van der Waals surface area contributed by atoms with Crippen LogP contribution in [0.25, 0.3) is 10.8 Å². The number of nitro groups is 1. The monoisotopic (exact) mass is 409 g/mol. The maximum Gasteiger partial charge on any atom is 0.341 e. The zero-order valence-electron chi connectivity index (χ0n) is 15.8. The third-order valence-electron chi connectivity index (χ3n) is 4.23. The molecule has 3 aromatic rings. The molecular weight excluding hydrogens is 390 g/mol. The van der Waals surface area contributed by atoms with Crippen molar-refractivity contribution in [3.63, 3.8) is 0 Å². The van der Waals surface area contributed by atoms with Gasteiger partial charge in [-0.05, 0) is 29.0 Å². The maximum absolute atomic E-state index is 12.4. The van der Waals surface area contributed by atoms with Crippen LogP contribution in [0.1, 0.15) is 10.4 Å². The lowest BCUT2D eigenvalue weighted by molar-refractivity contribution is -0.384. The number of nitrogens with one attached hydrogen (secondary N) is 2. The molecule has 9 nitrogen and oxygen atoms in total. The molecule has 0 radical (unpaired) electrons. The Morgan fingerprint density at radius 2 is 1.80 bits per heavy atom. The van der Waals surface area contributed by atoms with Crippen LogP contribution >= 0.6 is 0 Å². The number of nitro benzene ring substituents is 1. The minimum atomic E-state index is -0.896. The van der Waals surface area contributed by atoms with Crippen molar-refractivity contribution in [1.29, 1.82) is 0 Å². The molecule has 0 atom stereocenters. The smallest absolute Gasteiger partial charge is 0.341 e. The van der Waals surface area contributed by atoms with Gasteiger partial charge in [0.15, 0.2) is 6.61 Å². The summed E-state index contributed by atoms with van der Waals surface area (Å²) < 4.78 is 5.03. The molecule has 0 saturated carbocycles. The van der Waals surface area contributed by atoms with Gasteiger partial charge in [-0.1, -0.05) is 30.3 Å². The number of ether oxygens (including phenoxy) is 1. The number of carbonyl (C=O) groups excluding carboxylic acids is 2. The van der Waals surface area contributed by atoms with E-state index < -0.39 is 23.4 Å². The van der Waals surface area contributed by atoms with Crippen molar-refractivity contribution < 1.29 is 24.4 Å². The Hall–Kier alpha value is -3.98. The Morgan fingerprint density at radius 1 is 1.03 bits per heavy atom. The number of esters is 1. The van der Waals surface area contributed by atoms with Crippen LogP contribution < -0.4 is 10.6 Å². The van der Waals surface area contributed by atoms with Crippen molar-refractivity contribution in [2.45, 2.75) is 0 Å². The molecule has 0 spiro atoms. The molecule has 0 aromatic heterocycles. The third-order valence-corrected chi connectivity index (χ3v) is 4.23. The highest BCUT2D eigenvalue weighted by atomic mass is 16.6. The summed E-state index contributed by atoms with van der Waals surface area (Å²) in [4.78, 5) is 34.9. The van der Waals surface area contributed by atoms with Crippen molar-refractivity contribution in [3.05, 3.63) is 76.3 Å². The maximum atomic E-state index is 12.4. The molecule has 3 N–H and O–H groups in total. The molecule has 30 heavy (non-hydrogen) atoms. The zero-order valence-corrected chi connectivity index (χ0v) is 15.8. The van der Waals surface area contributed by atoms with Crippen LogP contribution in [0.15, 0.2) is 60.7 Å². The first-order chi connectivity index (χ1) is 14.5. The third kappa shape index (κ3) is 5.09. The summed E-state index contributed by atoms with van der Waals surface area (Å²) in [5.41, 5.74) is 0.415. The van der Waals surface area contributed by atoms with E-state index in [1.54, 1.807) is 12.1 Å². The molecule has 3 aromatic carbocycles. The van der Waals surface area contributed by atoms with Gasteiger partial charge in [0.1, 0.15) is 0 Å². The molecule has 0 fully saturated rings. The van der Waals surface area contributed by atoms with Gasteiger partial charge in [0.05, 0.1) is 17.1 Å². The van der Waals surface area contributed by atoms with Gasteiger partial charge in [0, 0.05) is 30.1 Å². The number of hydrogen-bond donors (Lipinski definition) is 3. The predicted molar refractivity (Wildman–Crippen MR) is 112 cm³/mol. The molecule has 0 unspecified atom stereocenters. The van der Waals surface area contributed by atoms with Crippen LogP contribution in [0.3, 0.4) is 0 Å². The van der Waals surface area contributed by atoms with Crippen LogP contribution in [0.5, 0.6) is 0 Å². The Morgan fingerprint density at radius 3 is 2.53 bits per heavy atom. The van der Waals surface area contributed by atoms with E-state index in [0.29, 0.717) is 5.69 Å². The molecule has 3 rings (SSSR count). The number of nitrogens with zero attached hydrogens (tertiary/aromatic N) is 1. The lowest BCUT2D eigenvalue weighted by atomic mass is 10.1. The Kier molecular flexibility index (Phi) is 6.56. The van der Waals surface area contributed by atoms with E-state index in [1.165, 1.54) is 12.1 Å². The number of carbonyl (C=O) groups is 2. The number of rotatable bonds is 8. The average Bonchev–Trinajstić information content (AvgIpc) is 2.75. The molecule has 9 heteroatoms. The summed E-state index contributed by atoms with van der Waals surface area (Å²) in [5, 5.41) is 27.3. The number of aliphatic hydroxyl groups is 1. The summed E-state index contributed by atoms with van der Waals surface area (Å²) in [6, 6.07) is 16.7. The van der Waals surface area contributed by atoms with Gasteiger partial charge in [-0.25, -0.2) is 4.79 Å². The second-order valence-corrected chi connectivity index (χ2v) is 6.32. The molecule has 0 bridgehead atoms. The first-order valence-electron chi connectivity index (χ1n) is 9.07. The molecular formula is C21H19N3O6. The molecule has 0 heterocycles. The summed E-state index contributed by atoms with van der Waals surface area (Å²) in [6.07, 6.45) is 0. The average molecular weight is 409 g/mol. The Labute approximate surface area is 171 Å². The normalized spacial score (nSPS) is 10.4. The van der Waals surface area contributed by atoms with Gasteiger partial charge in [-0.3, -0.25) is 14.9 Å². The fraction of sp³-hybridized carbons (Fsp3) is 0.143. The SMILES string of the molecule is O=C(COC(=O)c1cc([N+](=O)[O-])ccc1NCCO)Nc1ccc2ccccc2c1. The van der Waals surface area contributed by atoms with Crippen molar-refractivity contribution >= 4 is 39.7 Å². The standard InChI is InChI=1S/C21H19N3O6/c25-10-9-22-19-8-7-17(24(28)29)12-18(19)21(27)30-13-20(26)23-16-6-5-14-3-1-2-4-15(14)11-16/h1-8,11-12,22,25H,9-10,13H2,(H,23,26). The summed E-state index contributed by atoms with van der Waals surface area (Å²) >= 11 is 0. The molecule has 154 valence electrons. The van der Waals surface area contributed by atoms with Gasteiger partial charge in [-0.2, -0.15) is 0 Å². The number of amides is 1. The quantitative estimate of drug-likeness (QED) is 0.296. The van der Waals surface area contributed by atoms with Crippen LogP contribution in [-0.2, 0) is 9.53 Å². The van der Waals surface area contributed by atoms with Crippen LogP contribution in [0.4, 0.5) is 17.1 Å². The number of fused-ring (bicyclic) bond motifs is 1. The fourth-order valence-electron chi connectivity index (χ4n) is 2.83. The fourth-order valence-corrected chi connectivity index (χ4v) is 2.83. The number of non-ortho nitro benzene ring substituents is 1. The van der Waals surface area contributed by atoms with Crippen LogP contribution in [0.2, 0.25) is 0 Å². The summed E-state index contributed by atoms with van der Waals surface area (Å²) in [7, 11) is 0. The van der Waals surface area contributed by atoms with Crippen LogP contribution in [0, 0.1) is 10.1 Å². The Bertz CT molecular complexity index is 1100. The van der Waals surface area contributed by atoms with E-state index in [0.717, 1.165) is 16.8 Å². The number of anilines is 2. The Balaban J connectivity index is 1.66. The number of aliphatic hydroxyl groups excluding tert-OH is 1. The van der Waals surface area contributed by atoms with Crippen molar-refractivity contribution in [3.8, 4) is 0 Å². The van der Waals surface area contributed by atoms with Gasteiger partial charge >= 0.3 is 5.97 Å². The molecule has 0 aliphatic heterocycles. The van der Waals surface area contributed by atoms with E-state index in [4.69, 9.17) is 9.84 Å². The number of benzene rings is 3. The first-order valence-corrected chi connectivity index (χ1v) is 9.07. The zero-order chi connectivity index (χ0) is 21.5. The number of hydrogen-bond acceptors (Lipinski definition) is 7. The second-order valence-electron chi connectivity index (χ2n) is 6.32. The van der Waals surface area contributed by atoms with Gasteiger partial charge in [0.25, 0.3) is 11.6 Å². The van der Waals surface area contributed by atoms with E-state index in [2.05, 4.69) is 10.6 Å². The minimum Gasteiger partial charge on any atom is -0.452 e. The van der Waals surface area contributed by atoms with Crippen molar-refractivity contribution in [1.82, 2.24) is 0 Å². The van der Waals surface area contributed by atoms with E-state index in [9.17, 15) is 19.7 Å². The molecule has 0 aliphatic carbocycles. The highest BCUT2D eigenvalue weighted by molar-refractivity contribution is 5.99. The van der Waals surface area contributed by atoms with E-state index in [-0.39, 0.29) is 30.1 Å². The van der Waals surface area contributed by atoms with Crippen molar-refractivity contribution in [2.75, 3.05) is 30.4 Å². The second kappa shape index (κ2) is 9.48. The van der Waals surface area contributed by atoms with E-state index >= 15 is 0 Å². The molecule has 1 amide bonds. The predicted octanol–water partition coefficient (Wildman–Crippen LogP) is 2.95. The van der Waals surface area contributed by atoms with Gasteiger partial charge in [0.2, 0.25) is 0 Å². The minimum absolute atomic E-state index is 0.101. The van der Waals surface area contributed by atoms with Gasteiger partial charge in [-0.15, -0.1) is 0 Å². The highest BCUT2D eigenvalue weighted by Crippen LogP contribution is 2.23. The van der Waals surface area contributed by atoms with Crippen LogP contribution in [-0.4, -0.2) is 41.7 Å². The lowest BCUT2D eigenvalue weighted by Crippen LogP contribution is -2.21. The summed E-state index contributed by atoms with van der Waals surface area (Å²) in [6.45, 7) is -0.617. The highest BCUT2D eigenvalue weighted by Gasteiger charge is 2.19. The largest absolute Gasteiger partial charge is 0.452 e. The molecule has 0 saturated heterocycles. The summed E-state index contributed by atoms with van der Waals surface area (Å²) in [5.74, 6) is -1.44. The van der Waals surface area contributed by atoms with Gasteiger partial charge < -0.3 is 20.5 Å². The van der Waals surface area contributed by atoms with E-state index in [1.807, 2.05) is 30.3 Å². The van der Waals surface area contributed by atoms with Crippen molar-refractivity contribution in [2.24, 2.45) is 0 Å².